The van der Waals surface area contributed by atoms with Gasteiger partial charge >= 0.3 is 0 Å². The van der Waals surface area contributed by atoms with Gasteiger partial charge in [0.2, 0.25) is 0 Å². The van der Waals surface area contributed by atoms with Gasteiger partial charge in [-0.25, -0.2) is 0 Å². The third-order valence-electron chi connectivity index (χ3n) is 2.46. The van der Waals surface area contributed by atoms with Crippen LogP contribution in [0, 0.1) is 11.8 Å². The van der Waals surface area contributed by atoms with E-state index in [0.29, 0.717) is 17.9 Å². The molecular formula is C14H19NO3S. The van der Waals surface area contributed by atoms with Crippen LogP contribution in [-0.4, -0.2) is 37.4 Å². The van der Waals surface area contributed by atoms with E-state index >= 15 is 0 Å². The summed E-state index contributed by atoms with van der Waals surface area (Å²) in [6, 6.07) is 1.89. The van der Waals surface area contributed by atoms with E-state index in [1.165, 1.54) is 11.3 Å². The smallest absolute Gasteiger partial charge is 0.262 e. The molecule has 2 N–H and O–H groups in total. The summed E-state index contributed by atoms with van der Waals surface area (Å²) >= 11 is 1.37. The van der Waals surface area contributed by atoms with Crippen molar-refractivity contribution in [2.45, 2.75) is 25.8 Å². The number of ether oxygens (including phenoxy) is 1. The summed E-state index contributed by atoms with van der Waals surface area (Å²) in [5.41, 5.74) is 0.717. The second kappa shape index (κ2) is 8.70. The Balaban J connectivity index is 2.63. The highest BCUT2D eigenvalue weighted by molar-refractivity contribution is 7.12. The Hall–Kier alpha value is -1.35. The van der Waals surface area contributed by atoms with Crippen LogP contribution in [0.5, 0.6) is 0 Å². The van der Waals surface area contributed by atoms with Crippen LogP contribution in [0.2, 0.25) is 0 Å². The molecule has 0 fully saturated rings. The van der Waals surface area contributed by atoms with Crippen molar-refractivity contribution in [2.24, 2.45) is 0 Å². The minimum absolute atomic E-state index is 0.0344. The molecule has 0 saturated heterocycles. The SMILES string of the molecule is COCCC(C)NC(=O)c1sccc1C#CCCO. The van der Waals surface area contributed by atoms with E-state index in [9.17, 15) is 4.79 Å². The number of aliphatic hydroxyl groups is 1. The van der Waals surface area contributed by atoms with Crippen LogP contribution in [-0.2, 0) is 4.74 Å². The van der Waals surface area contributed by atoms with E-state index in [1.807, 2.05) is 18.4 Å². The Kier molecular flexibility index (Phi) is 7.19. The number of rotatable bonds is 6. The monoisotopic (exact) mass is 281 g/mol. The van der Waals surface area contributed by atoms with Gasteiger partial charge in [-0.2, -0.15) is 0 Å². The lowest BCUT2D eigenvalue weighted by atomic mass is 10.2. The van der Waals surface area contributed by atoms with Gasteiger partial charge in [0.25, 0.3) is 5.91 Å². The summed E-state index contributed by atoms with van der Waals surface area (Å²) in [7, 11) is 1.64. The molecular weight excluding hydrogens is 262 g/mol. The van der Waals surface area contributed by atoms with Crippen LogP contribution in [0.3, 0.4) is 0 Å². The fraction of sp³-hybridized carbons (Fsp3) is 0.500. The molecule has 0 aromatic carbocycles. The number of amides is 1. The minimum atomic E-state index is -0.105. The second-order valence-corrected chi connectivity index (χ2v) is 5.01. The van der Waals surface area contributed by atoms with Crippen LogP contribution in [0.25, 0.3) is 0 Å². The molecule has 5 heteroatoms. The zero-order chi connectivity index (χ0) is 14.1. The first-order chi connectivity index (χ1) is 9.19. The summed E-state index contributed by atoms with van der Waals surface area (Å²) in [5.74, 6) is 5.63. The number of aliphatic hydroxyl groups excluding tert-OH is 1. The molecule has 0 aliphatic carbocycles. The third-order valence-corrected chi connectivity index (χ3v) is 3.38. The molecule has 1 heterocycles. The van der Waals surface area contributed by atoms with Gasteiger partial charge < -0.3 is 15.2 Å². The lowest BCUT2D eigenvalue weighted by Crippen LogP contribution is -2.33. The average molecular weight is 281 g/mol. The van der Waals surface area contributed by atoms with Crippen molar-refractivity contribution in [1.29, 1.82) is 0 Å². The molecule has 0 aliphatic rings. The van der Waals surface area contributed by atoms with Crippen molar-refractivity contribution in [1.82, 2.24) is 5.32 Å². The van der Waals surface area contributed by atoms with Crippen molar-refractivity contribution in [3.63, 3.8) is 0 Å². The van der Waals surface area contributed by atoms with E-state index in [4.69, 9.17) is 9.84 Å². The molecule has 0 aliphatic heterocycles. The first kappa shape index (κ1) is 15.7. The predicted molar refractivity (Wildman–Crippen MR) is 76.3 cm³/mol. The topological polar surface area (TPSA) is 58.6 Å². The van der Waals surface area contributed by atoms with Gasteiger partial charge in [-0.15, -0.1) is 11.3 Å². The molecule has 1 aromatic rings. The summed E-state index contributed by atoms with van der Waals surface area (Å²) in [4.78, 5) is 12.7. The van der Waals surface area contributed by atoms with Gasteiger partial charge in [0, 0.05) is 31.7 Å². The van der Waals surface area contributed by atoms with E-state index < -0.39 is 0 Å². The maximum absolute atomic E-state index is 12.1. The number of methoxy groups -OCH3 is 1. The molecule has 1 aromatic heterocycles. The fourth-order valence-electron chi connectivity index (χ4n) is 1.45. The molecule has 0 radical (unpaired) electrons. The zero-order valence-electron chi connectivity index (χ0n) is 11.2. The van der Waals surface area contributed by atoms with E-state index in [2.05, 4.69) is 17.2 Å². The molecule has 1 amide bonds. The van der Waals surface area contributed by atoms with Gasteiger partial charge in [0.15, 0.2) is 0 Å². The van der Waals surface area contributed by atoms with Gasteiger partial charge in [-0.1, -0.05) is 11.8 Å². The molecule has 19 heavy (non-hydrogen) atoms. The van der Waals surface area contributed by atoms with Crippen molar-refractivity contribution in [3.05, 3.63) is 21.9 Å². The van der Waals surface area contributed by atoms with Crippen LogP contribution in [0.1, 0.15) is 35.0 Å². The van der Waals surface area contributed by atoms with Crippen LogP contribution in [0.15, 0.2) is 11.4 Å². The van der Waals surface area contributed by atoms with E-state index in [-0.39, 0.29) is 18.6 Å². The average Bonchev–Trinajstić information content (AvgIpc) is 2.85. The van der Waals surface area contributed by atoms with Crippen molar-refractivity contribution in [3.8, 4) is 11.8 Å². The number of hydrogen-bond donors (Lipinski definition) is 2. The standard InChI is InChI=1S/C14H19NO3S/c1-11(6-9-18-2)15-14(17)13-12(7-10-19-13)5-3-4-8-16/h7,10-11,16H,4,6,8-9H2,1-2H3,(H,15,17). The maximum Gasteiger partial charge on any atom is 0.262 e. The quantitative estimate of drug-likeness (QED) is 0.779. The van der Waals surface area contributed by atoms with Crippen molar-refractivity contribution < 1.29 is 14.6 Å². The Morgan fingerprint density at radius 1 is 1.63 bits per heavy atom. The largest absolute Gasteiger partial charge is 0.395 e. The molecule has 1 atom stereocenters. The van der Waals surface area contributed by atoms with Crippen LogP contribution >= 0.6 is 11.3 Å². The van der Waals surface area contributed by atoms with Crippen LogP contribution < -0.4 is 5.32 Å². The summed E-state index contributed by atoms with van der Waals surface area (Å²) < 4.78 is 4.98. The van der Waals surface area contributed by atoms with Crippen LogP contribution in [0.4, 0.5) is 0 Å². The first-order valence-corrected chi connectivity index (χ1v) is 7.04. The highest BCUT2D eigenvalue weighted by atomic mass is 32.1. The van der Waals surface area contributed by atoms with Gasteiger partial charge in [0.1, 0.15) is 4.88 Å². The Morgan fingerprint density at radius 3 is 3.11 bits per heavy atom. The van der Waals surface area contributed by atoms with Crippen molar-refractivity contribution >= 4 is 17.2 Å². The van der Waals surface area contributed by atoms with E-state index in [0.717, 1.165) is 12.0 Å². The molecule has 104 valence electrons. The number of thiophene rings is 1. The molecule has 0 saturated carbocycles. The molecule has 0 bridgehead atoms. The highest BCUT2D eigenvalue weighted by Crippen LogP contribution is 2.16. The summed E-state index contributed by atoms with van der Waals surface area (Å²) in [6.45, 7) is 2.60. The van der Waals surface area contributed by atoms with Gasteiger partial charge in [-0.3, -0.25) is 4.79 Å². The van der Waals surface area contributed by atoms with Gasteiger partial charge in [0.05, 0.1) is 6.61 Å². The zero-order valence-corrected chi connectivity index (χ0v) is 12.0. The lowest BCUT2D eigenvalue weighted by molar-refractivity contribution is 0.0933. The van der Waals surface area contributed by atoms with Crippen molar-refractivity contribution in [2.75, 3.05) is 20.3 Å². The number of carbonyl (C=O) groups excluding carboxylic acids is 1. The number of nitrogens with one attached hydrogen (secondary N) is 1. The Labute approximate surface area is 117 Å². The van der Waals surface area contributed by atoms with E-state index in [1.54, 1.807) is 7.11 Å². The first-order valence-electron chi connectivity index (χ1n) is 6.16. The molecule has 4 nitrogen and oxygen atoms in total. The minimum Gasteiger partial charge on any atom is -0.395 e. The maximum atomic E-state index is 12.1. The highest BCUT2D eigenvalue weighted by Gasteiger charge is 2.14. The Morgan fingerprint density at radius 2 is 2.42 bits per heavy atom. The summed E-state index contributed by atoms with van der Waals surface area (Å²) in [5, 5.41) is 13.5. The normalized spacial score (nSPS) is 11.5. The Bertz CT molecular complexity index is 459. The lowest BCUT2D eigenvalue weighted by Gasteiger charge is -2.12. The number of carbonyl (C=O) groups is 1. The molecule has 0 spiro atoms. The predicted octanol–water partition coefficient (Wildman–Crippen LogP) is 1.64. The number of hydrogen-bond acceptors (Lipinski definition) is 4. The summed E-state index contributed by atoms with van der Waals surface area (Å²) in [6.07, 6.45) is 1.19. The molecule has 1 rings (SSSR count). The second-order valence-electron chi connectivity index (χ2n) is 4.09. The fourth-order valence-corrected chi connectivity index (χ4v) is 2.21. The molecule has 1 unspecified atom stereocenters. The van der Waals surface area contributed by atoms with Gasteiger partial charge in [-0.05, 0) is 24.8 Å². The third kappa shape index (κ3) is 5.43.